The van der Waals surface area contributed by atoms with E-state index >= 15 is 0 Å². The van der Waals surface area contributed by atoms with E-state index in [1.54, 1.807) is 18.8 Å². The number of hydrogen-bond donors (Lipinski definition) is 2. The third-order valence-electron chi connectivity index (χ3n) is 3.52. The Hall–Kier alpha value is -1.69. The van der Waals surface area contributed by atoms with Gasteiger partial charge in [-0.15, -0.1) is 0 Å². The van der Waals surface area contributed by atoms with Gasteiger partial charge in [-0.05, 0) is 37.4 Å². The van der Waals surface area contributed by atoms with Gasteiger partial charge in [-0.1, -0.05) is 48.5 Å². The molecular formula is C18H20ClNO3S. The van der Waals surface area contributed by atoms with Crippen LogP contribution in [0.4, 0.5) is 0 Å². The Morgan fingerprint density at radius 3 is 2.71 bits per heavy atom. The van der Waals surface area contributed by atoms with Gasteiger partial charge in [0, 0.05) is 15.8 Å². The van der Waals surface area contributed by atoms with Crippen molar-refractivity contribution in [1.82, 2.24) is 5.32 Å². The van der Waals surface area contributed by atoms with Crippen molar-refractivity contribution in [2.75, 3.05) is 13.7 Å². The van der Waals surface area contributed by atoms with E-state index in [1.807, 2.05) is 55.5 Å². The SMILES string of the molecule is CN[C@@H](C(=O)O)C(C)COc1ccccc1Sc1cccc(Cl)c1. The molecule has 0 radical (unpaired) electrons. The summed E-state index contributed by atoms with van der Waals surface area (Å²) in [5.74, 6) is -0.318. The number of likely N-dealkylation sites (N-methyl/N-ethyl adjacent to an activating group) is 1. The van der Waals surface area contributed by atoms with Crippen LogP contribution in [-0.4, -0.2) is 30.8 Å². The van der Waals surface area contributed by atoms with E-state index in [4.69, 9.17) is 16.3 Å². The number of halogens is 1. The van der Waals surface area contributed by atoms with Gasteiger partial charge in [0.25, 0.3) is 0 Å². The molecule has 1 unspecified atom stereocenters. The van der Waals surface area contributed by atoms with Crippen molar-refractivity contribution in [3.63, 3.8) is 0 Å². The van der Waals surface area contributed by atoms with Gasteiger partial charge in [-0.3, -0.25) is 4.79 Å². The first-order valence-corrected chi connectivity index (χ1v) is 8.76. The Morgan fingerprint density at radius 2 is 2.04 bits per heavy atom. The van der Waals surface area contributed by atoms with Crippen molar-refractivity contribution in [3.05, 3.63) is 53.6 Å². The zero-order valence-electron chi connectivity index (χ0n) is 13.5. The number of carbonyl (C=O) groups is 1. The normalized spacial score (nSPS) is 13.3. The molecule has 0 spiro atoms. The molecule has 0 saturated heterocycles. The number of ether oxygens (including phenoxy) is 1. The second-order valence-electron chi connectivity index (χ2n) is 5.40. The first-order chi connectivity index (χ1) is 11.5. The maximum absolute atomic E-state index is 11.2. The topological polar surface area (TPSA) is 58.6 Å². The molecule has 0 saturated carbocycles. The average molecular weight is 366 g/mol. The van der Waals surface area contributed by atoms with Crippen LogP contribution in [0.1, 0.15) is 6.92 Å². The van der Waals surface area contributed by atoms with Gasteiger partial charge < -0.3 is 15.2 Å². The lowest BCUT2D eigenvalue weighted by Gasteiger charge is -2.20. The largest absolute Gasteiger partial charge is 0.492 e. The van der Waals surface area contributed by atoms with Gasteiger partial charge in [0.05, 0.1) is 11.5 Å². The summed E-state index contributed by atoms with van der Waals surface area (Å²) in [5, 5.41) is 12.7. The zero-order valence-corrected chi connectivity index (χ0v) is 15.1. The van der Waals surface area contributed by atoms with E-state index in [0.717, 1.165) is 15.5 Å². The molecule has 0 fully saturated rings. The van der Waals surface area contributed by atoms with Crippen molar-refractivity contribution >= 4 is 29.3 Å². The van der Waals surface area contributed by atoms with Crippen LogP contribution >= 0.6 is 23.4 Å². The Balaban J connectivity index is 2.07. The second-order valence-corrected chi connectivity index (χ2v) is 6.95. The minimum absolute atomic E-state index is 0.170. The highest BCUT2D eigenvalue weighted by Gasteiger charge is 2.23. The maximum Gasteiger partial charge on any atom is 0.321 e. The van der Waals surface area contributed by atoms with Crippen molar-refractivity contribution in [3.8, 4) is 5.75 Å². The Morgan fingerprint density at radius 1 is 1.29 bits per heavy atom. The highest BCUT2D eigenvalue weighted by molar-refractivity contribution is 7.99. The zero-order chi connectivity index (χ0) is 17.5. The second kappa shape index (κ2) is 8.97. The number of rotatable bonds is 8. The molecule has 2 aromatic carbocycles. The minimum atomic E-state index is -0.879. The molecule has 0 heterocycles. The summed E-state index contributed by atoms with van der Waals surface area (Å²) in [6.45, 7) is 2.16. The van der Waals surface area contributed by atoms with Gasteiger partial charge in [0.2, 0.25) is 0 Å². The molecule has 2 aromatic rings. The fourth-order valence-electron chi connectivity index (χ4n) is 2.28. The number of carboxylic acids is 1. The summed E-state index contributed by atoms with van der Waals surface area (Å²) in [6.07, 6.45) is 0. The molecule has 0 aliphatic rings. The van der Waals surface area contributed by atoms with Gasteiger partial charge in [0.1, 0.15) is 11.8 Å². The number of benzene rings is 2. The van der Waals surface area contributed by atoms with Gasteiger partial charge in [-0.25, -0.2) is 0 Å². The molecule has 2 atom stereocenters. The smallest absolute Gasteiger partial charge is 0.321 e. The lowest BCUT2D eigenvalue weighted by Crippen LogP contribution is -2.41. The molecule has 24 heavy (non-hydrogen) atoms. The standard InChI is InChI=1S/C18H20ClNO3S/c1-12(17(20-2)18(21)22)11-23-15-8-3-4-9-16(15)24-14-7-5-6-13(19)10-14/h3-10,12,17,20H,11H2,1-2H3,(H,21,22)/t12?,17-/m1/s1. The molecule has 4 nitrogen and oxygen atoms in total. The molecular weight excluding hydrogens is 346 g/mol. The highest BCUT2D eigenvalue weighted by Crippen LogP contribution is 2.35. The monoisotopic (exact) mass is 365 g/mol. The molecule has 128 valence electrons. The third kappa shape index (κ3) is 5.16. The first-order valence-electron chi connectivity index (χ1n) is 7.56. The van der Waals surface area contributed by atoms with Gasteiger partial charge in [0.15, 0.2) is 0 Å². The average Bonchev–Trinajstić information content (AvgIpc) is 2.54. The quantitative estimate of drug-likeness (QED) is 0.735. The summed E-state index contributed by atoms with van der Waals surface area (Å²) in [4.78, 5) is 13.2. The lowest BCUT2D eigenvalue weighted by molar-refractivity contribution is -0.141. The van der Waals surface area contributed by atoms with Crippen molar-refractivity contribution in [2.45, 2.75) is 22.8 Å². The van der Waals surface area contributed by atoms with E-state index in [1.165, 1.54) is 0 Å². The summed E-state index contributed by atoms with van der Waals surface area (Å²) in [7, 11) is 1.64. The van der Waals surface area contributed by atoms with E-state index in [-0.39, 0.29) is 5.92 Å². The summed E-state index contributed by atoms with van der Waals surface area (Å²) in [5.41, 5.74) is 0. The van der Waals surface area contributed by atoms with E-state index in [0.29, 0.717) is 11.6 Å². The number of aliphatic carboxylic acids is 1. The maximum atomic E-state index is 11.2. The predicted octanol–water partition coefficient (Wildman–Crippen LogP) is 4.18. The summed E-state index contributed by atoms with van der Waals surface area (Å²) in [6, 6.07) is 14.7. The van der Waals surface area contributed by atoms with Crippen LogP contribution in [0.3, 0.4) is 0 Å². The van der Waals surface area contributed by atoms with Crippen LogP contribution in [-0.2, 0) is 4.79 Å². The molecule has 0 aliphatic heterocycles. The van der Waals surface area contributed by atoms with E-state index < -0.39 is 12.0 Å². The van der Waals surface area contributed by atoms with Gasteiger partial charge in [-0.2, -0.15) is 0 Å². The van der Waals surface area contributed by atoms with Gasteiger partial charge >= 0.3 is 5.97 Å². The van der Waals surface area contributed by atoms with Crippen LogP contribution in [0.5, 0.6) is 5.75 Å². The van der Waals surface area contributed by atoms with Crippen molar-refractivity contribution in [1.29, 1.82) is 0 Å². The molecule has 0 aliphatic carbocycles. The number of para-hydroxylation sites is 1. The molecule has 2 rings (SSSR count). The number of carboxylic acid groups (broad SMARTS) is 1. The molecule has 2 N–H and O–H groups in total. The Bertz CT molecular complexity index is 695. The van der Waals surface area contributed by atoms with Crippen molar-refractivity contribution < 1.29 is 14.6 Å². The third-order valence-corrected chi connectivity index (χ3v) is 4.80. The Kier molecular flexibility index (Phi) is 6.97. The first kappa shape index (κ1) is 18.6. The fraction of sp³-hybridized carbons (Fsp3) is 0.278. The highest BCUT2D eigenvalue weighted by atomic mass is 35.5. The molecule has 0 aromatic heterocycles. The van der Waals surface area contributed by atoms with Crippen molar-refractivity contribution in [2.24, 2.45) is 5.92 Å². The Labute approximate surface area is 151 Å². The summed E-state index contributed by atoms with van der Waals surface area (Å²) < 4.78 is 5.88. The lowest BCUT2D eigenvalue weighted by atomic mass is 10.0. The number of nitrogens with one attached hydrogen (secondary N) is 1. The molecule has 6 heteroatoms. The molecule has 0 amide bonds. The number of hydrogen-bond acceptors (Lipinski definition) is 4. The summed E-state index contributed by atoms with van der Waals surface area (Å²) >= 11 is 7.59. The van der Waals surface area contributed by atoms with E-state index in [9.17, 15) is 9.90 Å². The molecule has 0 bridgehead atoms. The van der Waals surface area contributed by atoms with Crippen LogP contribution in [0, 0.1) is 5.92 Å². The van der Waals surface area contributed by atoms with Crippen LogP contribution in [0.25, 0.3) is 0 Å². The van der Waals surface area contributed by atoms with E-state index in [2.05, 4.69) is 5.32 Å². The minimum Gasteiger partial charge on any atom is -0.492 e. The van der Waals surface area contributed by atoms with Crippen LogP contribution in [0.2, 0.25) is 5.02 Å². The fourth-order valence-corrected chi connectivity index (χ4v) is 3.50. The predicted molar refractivity (Wildman–Crippen MR) is 97.2 cm³/mol. The van der Waals surface area contributed by atoms with Crippen LogP contribution < -0.4 is 10.1 Å². The van der Waals surface area contributed by atoms with Crippen LogP contribution in [0.15, 0.2) is 58.3 Å².